The highest BCUT2D eigenvalue weighted by molar-refractivity contribution is 5.36. The fourth-order valence-corrected chi connectivity index (χ4v) is 4.58. The first-order valence-electron chi connectivity index (χ1n) is 9.21. The van der Waals surface area contributed by atoms with Crippen molar-refractivity contribution in [2.45, 2.75) is 76.7 Å². The second-order valence-electron chi connectivity index (χ2n) is 7.08. The molecule has 0 saturated heterocycles. The Morgan fingerprint density at radius 2 is 1.81 bits per heavy atom. The van der Waals surface area contributed by atoms with Crippen LogP contribution in [-0.4, -0.2) is 12.6 Å². The van der Waals surface area contributed by atoms with Gasteiger partial charge in [0.15, 0.2) is 0 Å². The van der Waals surface area contributed by atoms with Gasteiger partial charge < -0.3 is 5.32 Å². The molecule has 2 atom stereocenters. The van der Waals surface area contributed by atoms with Crippen molar-refractivity contribution in [2.24, 2.45) is 5.92 Å². The number of nitrogens with one attached hydrogen (secondary N) is 1. The summed E-state index contributed by atoms with van der Waals surface area (Å²) in [5.74, 6) is 1.66. The molecule has 0 bridgehead atoms. The van der Waals surface area contributed by atoms with Crippen LogP contribution in [0.3, 0.4) is 0 Å². The maximum absolute atomic E-state index is 3.95. The molecule has 0 aliphatic heterocycles. The summed E-state index contributed by atoms with van der Waals surface area (Å²) >= 11 is 0. The smallest absolute Gasteiger partial charge is 0.0164 e. The highest BCUT2D eigenvalue weighted by Gasteiger charge is 2.34. The number of hydrogen-bond acceptors (Lipinski definition) is 1. The third kappa shape index (κ3) is 3.51. The van der Waals surface area contributed by atoms with Gasteiger partial charge >= 0.3 is 0 Å². The van der Waals surface area contributed by atoms with Crippen LogP contribution in [0.15, 0.2) is 24.3 Å². The molecule has 1 heteroatoms. The zero-order valence-electron chi connectivity index (χ0n) is 13.6. The molecule has 1 fully saturated rings. The van der Waals surface area contributed by atoms with E-state index in [9.17, 15) is 0 Å². The molecule has 0 radical (unpaired) electrons. The first-order chi connectivity index (χ1) is 10.4. The highest BCUT2D eigenvalue weighted by atomic mass is 14.9. The topological polar surface area (TPSA) is 12.0 Å². The Kier molecular flexibility index (Phi) is 5.35. The summed E-state index contributed by atoms with van der Waals surface area (Å²) in [7, 11) is 0. The lowest BCUT2D eigenvalue weighted by molar-refractivity contribution is 0.278. The van der Waals surface area contributed by atoms with Crippen LogP contribution < -0.4 is 5.32 Å². The standard InChI is InChI=1S/C20H31N/c1-2-15-21-20(17-10-5-3-4-6-11-17)19-14-13-16-9-7-8-12-18(16)19/h7-9,12,17,19-21H,2-6,10-11,13-15H2,1H3. The molecule has 1 saturated carbocycles. The molecule has 116 valence electrons. The van der Waals surface area contributed by atoms with Gasteiger partial charge in [-0.25, -0.2) is 0 Å². The van der Waals surface area contributed by atoms with Crippen molar-refractivity contribution in [2.75, 3.05) is 6.54 Å². The van der Waals surface area contributed by atoms with Crippen molar-refractivity contribution in [3.8, 4) is 0 Å². The third-order valence-corrected chi connectivity index (χ3v) is 5.65. The Labute approximate surface area is 130 Å². The normalized spacial score (nSPS) is 24.5. The maximum atomic E-state index is 3.95. The Balaban J connectivity index is 1.78. The second kappa shape index (κ2) is 7.45. The molecule has 2 aliphatic rings. The van der Waals surface area contributed by atoms with E-state index in [0.29, 0.717) is 6.04 Å². The molecule has 1 N–H and O–H groups in total. The van der Waals surface area contributed by atoms with Gasteiger partial charge in [-0.3, -0.25) is 0 Å². The van der Waals surface area contributed by atoms with E-state index in [4.69, 9.17) is 0 Å². The summed E-state index contributed by atoms with van der Waals surface area (Å²) in [6.45, 7) is 3.47. The molecule has 3 rings (SSSR count). The Morgan fingerprint density at radius 3 is 2.57 bits per heavy atom. The number of fused-ring (bicyclic) bond motifs is 1. The Bertz CT molecular complexity index is 431. The van der Waals surface area contributed by atoms with E-state index in [1.54, 1.807) is 11.1 Å². The lowest BCUT2D eigenvalue weighted by Crippen LogP contribution is -2.41. The van der Waals surface area contributed by atoms with Gasteiger partial charge in [0.1, 0.15) is 0 Å². The maximum Gasteiger partial charge on any atom is 0.0164 e. The summed E-state index contributed by atoms with van der Waals surface area (Å²) in [6.07, 6.45) is 12.6. The number of rotatable bonds is 5. The Hall–Kier alpha value is -0.820. The van der Waals surface area contributed by atoms with Gasteiger partial charge in [0.2, 0.25) is 0 Å². The van der Waals surface area contributed by atoms with E-state index in [0.717, 1.165) is 11.8 Å². The average molecular weight is 285 g/mol. The van der Waals surface area contributed by atoms with E-state index in [2.05, 4.69) is 36.5 Å². The van der Waals surface area contributed by atoms with Crippen LogP contribution >= 0.6 is 0 Å². The molecule has 2 aliphatic carbocycles. The molecule has 1 nitrogen and oxygen atoms in total. The number of hydrogen-bond donors (Lipinski definition) is 1. The largest absolute Gasteiger partial charge is 0.313 e. The van der Waals surface area contributed by atoms with Gasteiger partial charge in [0.05, 0.1) is 0 Å². The minimum Gasteiger partial charge on any atom is -0.313 e. The summed E-state index contributed by atoms with van der Waals surface area (Å²) in [5.41, 5.74) is 3.26. The molecule has 0 spiro atoms. The third-order valence-electron chi connectivity index (χ3n) is 5.65. The monoisotopic (exact) mass is 285 g/mol. The van der Waals surface area contributed by atoms with Crippen LogP contribution in [0.4, 0.5) is 0 Å². The Morgan fingerprint density at radius 1 is 1.05 bits per heavy atom. The molecule has 21 heavy (non-hydrogen) atoms. The quantitative estimate of drug-likeness (QED) is 0.746. The van der Waals surface area contributed by atoms with Crippen molar-refractivity contribution in [1.82, 2.24) is 5.32 Å². The summed E-state index contributed by atoms with van der Waals surface area (Å²) in [6, 6.07) is 9.90. The average Bonchev–Trinajstić information content (AvgIpc) is 2.75. The molecule has 0 heterocycles. The highest BCUT2D eigenvalue weighted by Crippen LogP contribution is 2.40. The van der Waals surface area contributed by atoms with Gasteiger partial charge in [0, 0.05) is 12.0 Å². The van der Waals surface area contributed by atoms with Crippen LogP contribution in [0.1, 0.15) is 75.3 Å². The van der Waals surface area contributed by atoms with Crippen molar-refractivity contribution in [3.63, 3.8) is 0 Å². The van der Waals surface area contributed by atoms with Gasteiger partial charge in [-0.1, -0.05) is 56.9 Å². The number of aryl methyl sites for hydroxylation is 1. The van der Waals surface area contributed by atoms with Crippen molar-refractivity contribution < 1.29 is 0 Å². The molecule has 1 aromatic carbocycles. The minimum atomic E-state index is 0.715. The van der Waals surface area contributed by atoms with Gasteiger partial charge in [-0.15, -0.1) is 0 Å². The van der Waals surface area contributed by atoms with Gasteiger partial charge in [-0.2, -0.15) is 0 Å². The fraction of sp³-hybridized carbons (Fsp3) is 0.700. The predicted octanol–water partition coefficient (Wildman–Crippen LogP) is 5.06. The zero-order valence-corrected chi connectivity index (χ0v) is 13.6. The first kappa shape index (κ1) is 15.1. The summed E-state index contributed by atoms with van der Waals surface area (Å²) < 4.78 is 0. The van der Waals surface area contributed by atoms with E-state index in [1.807, 2.05) is 0 Å². The van der Waals surface area contributed by atoms with Crippen LogP contribution in [0, 0.1) is 5.92 Å². The number of benzene rings is 1. The van der Waals surface area contributed by atoms with E-state index < -0.39 is 0 Å². The zero-order chi connectivity index (χ0) is 14.5. The second-order valence-corrected chi connectivity index (χ2v) is 7.08. The molecule has 0 aromatic heterocycles. The van der Waals surface area contributed by atoms with Crippen LogP contribution in [0.5, 0.6) is 0 Å². The van der Waals surface area contributed by atoms with Crippen LogP contribution in [-0.2, 0) is 6.42 Å². The fourth-order valence-electron chi connectivity index (χ4n) is 4.58. The van der Waals surface area contributed by atoms with Crippen LogP contribution in [0.25, 0.3) is 0 Å². The predicted molar refractivity (Wildman–Crippen MR) is 90.8 cm³/mol. The minimum absolute atomic E-state index is 0.715. The van der Waals surface area contributed by atoms with Gasteiger partial charge in [0.25, 0.3) is 0 Å². The van der Waals surface area contributed by atoms with Crippen molar-refractivity contribution in [1.29, 1.82) is 0 Å². The summed E-state index contributed by atoms with van der Waals surface area (Å²) in [5, 5.41) is 3.95. The van der Waals surface area contributed by atoms with Gasteiger partial charge in [-0.05, 0) is 55.7 Å². The van der Waals surface area contributed by atoms with Crippen molar-refractivity contribution in [3.05, 3.63) is 35.4 Å². The molecular weight excluding hydrogens is 254 g/mol. The van der Waals surface area contributed by atoms with Crippen LogP contribution in [0.2, 0.25) is 0 Å². The molecule has 2 unspecified atom stereocenters. The summed E-state index contributed by atoms with van der Waals surface area (Å²) in [4.78, 5) is 0. The molecule has 0 amide bonds. The lowest BCUT2D eigenvalue weighted by atomic mass is 9.80. The van der Waals surface area contributed by atoms with E-state index in [-0.39, 0.29) is 0 Å². The van der Waals surface area contributed by atoms with Crippen molar-refractivity contribution >= 4 is 0 Å². The first-order valence-corrected chi connectivity index (χ1v) is 9.21. The van der Waals surface area contributed by atoms with E-state index in [1.165, 1.54) is 64.3 Å². The lowest BCUT2D eigenvalue weighted by Gasteiger charge is -2.33. The molecular formula is C20H31N. The van der Waals surface area contributed by atoms with E-state index >= 15 is 0 Å². The molecule has 1 aromatic rings. The SMILES string of the molecule is CCCNC(C1CCCCCC1)C1CCc2ccccc21.